The van der Waals surface area contributed by atoms with Gasteiger partial charge in [0.2, 0.25) is 0 Å². The third-order valence-corrected chi connectivity index (χ3v) is 14.6. The van der Waals surface area contributed by atoms with Crippen molar-refractivity contribution in [2.45, 2.75) is 168 Å². The molecule has 22 nitrogen and oxygen atoms in total. The largest absolute Gasteiger partial charge is 0.467 e. The van der Waals surface area contributed by atoms with Crippen LogP contribution in [-0.4, -0.2) is 148 Å². The Labute approximate surface area is 398 Å². The average Bonchev–Trinajstić information content (AvgIpc) is 3.61. The van der Waals surface area contributed by atoms with E-state index in [9.17, 15) is 47.9 Å². The summed E-state index contributed by atoms with van der Waals surface area (Å²) >= 11 is 0. The fraction of sp³-hybridized carbons (Fsp3) is 0.745. The lowest BCUT2D eigenvalue weighted by Crippen LogP contribution is -2.65. The van der Waals surface area contributed by atoms with Crippen molar-refractivity contribution in [3.63, 3.8) is 0 Å². The van der Waals surface area contributed by atoms with Gasteiger partial charge < -0.3 is 56.8 Å². The SMILES string of the molecule is COC(=O)C1OC(OCC(=O)C2CCC3C4CCC5=CC(=O)CCC5(C)C4C(OC4OC(C(=O)OC)C(OC(C)=O)C(OC(C)=O)C4OC(C)=O)CC23C)C(OC(C)=O)C(OC(C)=O)C1OC(C)=O. The molecule has 0 N–H and O–H groups in total. The highest BCUT2D eigenvalue weighted by Crippen LogP contribution is 2.67. The highest BCUT2D eigenvalue weighted by Gasteiger charge is 2.65. The van der Waals surface area contributed by atoms with Crippen LogP contribution < -0.4 is 0 Å². The molecule has 4 aliphatic carbocycles. The second-order valence-electron chi connectivity index (χ2n) is 19.0. The molecular weight excluding hydrogens is 916 g/mol. The van der Waals surface area contributed by atoms with Crippen LogP contribution in [0.3, 0.4) is 0 Å². The van der Waals surface area contributed by atoms with Crippen LogP contribution in [0.4, 0.5) is 0 Å². The van der Waals surface area contributed by atoms with Gasteiger partial charge in [0.25, 0.3) is 0 Å². The number of methoxy groups -OCH3 is 2. The summed E-state index contributed by atoms with van der Waals surface area (Å²) in [4.78, 5) is 129. The molecule has 69 heavy (non-hydrogen) atoms. The number of hydrogen-bond donors (Lipinski definition) is 0. The smallest absolute Gasteiger partial charge is 0.339 e. The van der Waals surface area contributed by atoms with Crippen LogP contribution in [-0.2, 0) is 105 Å². The van der Waals surface area contributed by atoms with E-state index in [1.165, 1.54) is 0 Å². The first kappa shape index (κ1) is 53.0. The molecule has 0 aromatic rings. The second-order valence-corrected chi connectivity index (χ2v) is 19.0. The molecule has 17 atom stereocenters. The summed E-state index contributed by atoms with van der Waals surface area (Å²) in [5.41, 5.74) is -0.505. The lowest BCUT2D eigenvalue weighted by molar-refractivity contribution is -0.324. The molecule has 5 fully saturated rings. The van der Waals surface area contributed by atoms with Gasteiger partial charge in [0.15, 0.2) is 73.0 Å². The number of Topliss-reactive ketones (excluding diaryl/α,β-unsaturated/α-hetero) is 1. The second kappa shape index (κ2) is 21.4. The van der Waals surface area contributed by atoms with Gasteiger partial charge in [-0.1, -0.05) is 19.4 Å². The third kappa shape index (κ3) is 11.0. The van der Waals surface area contributed by atoms with Crippen LogP contribution in [0, 0.1) is 34.5 Å². The summed E-state index contributed by atoms with van der Waals surface area (Å²) in [6.45, 7) is 9.77. The molecule has 6 aliphatic rings. The Balaban J connectivity index is 1.37. The van der Waals surface area contributed by atoms with Gasteiger partial charge >= 0.3 is 47.8 Å². The quantitative estimate of drug-likeness (QED) is 0.178. The lowest BCUT2D eigenvalue weighted by atomic mass is 9.45. The zero-order valence-electron chi connectivity index (χ0n) is 40.4. The van der Waals surface area contributed by atoms with Crippen LogP contribution >= 0.6 is 0 Å². The Hall–Kier alpha value is -5.32. The van der Waals surface area contributed by atoms with Crippen molar-refractivity contribution in [3.8, 4) is 0 Å². The maximum atomic E-state index is 14.8. The first-order chi connectivity index (χ1) is 32.4. The molecule has 17 unspecified atom stereocenters. The number of allylic oxidation sites excluding steroid dienone is 1. The summed E-state index contributed by atoms with van der Waals surface area (Å²) in [7, 11) is 2.12. The highest BCUT2D eigenvalue weighted by molar-refractivity contribution is 5.91. The zero-order chi connectivity index (χ0) is 50.9. The zero-order valence-corrected chi connectivity index (χ0v) is 40.4. The predicted octanol–water partition coefficient (Wildman–Crippen LogP) is 2.10. The van der Waals surface area contributed by atoms with Crippen LogP contribution in [0.15, 0.2) is 11.6 Å². The van der Waals surface area contributed by atoms with E-state index in [2.05, 4.69) is 6.92 Å². The Morgan fingerprint density at radius 1 is 0.609 bits per heavy atom. The van der Waals surface area contributed by atoms with E-state index in [-0.39, 0.29) is 36.4 Å². The molecule has 6 rings (SSSR count). The number of carbonyl (C=O) groups excluding carboxylic acids is 10. The Morgan fingerprint density at radius 3 is 1.57 bits per heavy atom. The maximum absolute atomic E-state index is 14.8. The summed E-state index contributed by atoms with van der Waals surface area (Å²) in [5, 5.41) is 0. The fourth-order valence-electron chi connectivity index (χ4n) is 12.1. The van der Waals surface area contributed by atoms with Gasteiger partial charge in [0.1, 0.15) is 6.61 Å². The van der Waals surface area contributed by atoms with Crippen molar-refractivity contribution in [2.24, 2.45) is 34.5 Å². The van der Waals surface area contributed by atoms with Gasteiger partial charge in [-0.2, -0.15) is 0 Å². The minimum absolute atomic E-state index is 0.00497. The predicted molar refractivity (Wildman–Crippen MR) is 226 cm³/mol. The van der Waals surface area contributed by atoms with Crippen LogP contribution in [0.5, 0.6) is 0 Å². The first-order valence-electron chi connectivity index (χ1n) is 23.0. The number of esters is 8. The number of ether oxygens (including phenoxy) is 12. The van der Waals surface area contributed by atoms with E-state index < -0.39 is 144 Å². The molecule has 2 aliphatic heterocycles. The monoisotopic (exact) mass is 978 g/mol. The molecule has 3 saturated carbocycles. The van der Waals surface area contributed by atoms with Crippen molar-refractivity contribution < 1.29 is 105 Å². The average molecular weight is 979 g/mol. The first-order valence-corrected chi connectivity index (χ1v) is 23.0. The fourth-order valence-corrected chi connectivity index (χ4v) is 12.1. The lowest BCUT2D eigenvalue weighted by Gasteiger charge is -2.61. The minimum Gasteiger partial charge on any atom is -0.467 e. The van der Waals surface area contributed by atoms with E-state index in [1.54, 1.807) is 6.08 Å². The minimum atomic E-state index is -1.75. The van der Waals surface area contributed by atoms with E-state index >= 15 is 0 Å². The molecule has 22 heteroatoms. The van der Waals surface area contributed by atoms with E-state index in [4.69, 9.17) is 56.8 Å². The molecule has 2 heterocycles. The van der Waals surface area contributed by atoms with E-state index in [1.807, 2.05) is 6.92 Å². The van der Waals surface area contributed by atoms with Crippen molar-refractivity contribution in [1.82, 2.24) is 0 Å². The van der Waals surface area contributed by atoms with Gasteiger partial charge in [0.05, 0.1) is 20.3 Å². The summed E-state index contributed by atoms with van der Waals surface area (Å²) < 4.78 is 68.2. The molecule has 0 radical (unpaired) electrons. The molecule has 0 aromatic heterocycles. The van der Waals surface area contributed by atoms with Gasteiger partial charge in [0, 0.05) is 53.9 Å². The number of fused-ring (bicyclic) bond motifs is 5. The Kier molecular flexibility index (Phi) is 16.4. The summed E-state index contributed by atoms with van der Waals surface area (Å²) in [6, 6.07) is 0. The van der Waals surface area contributed by atoms with Crippen molar-refractivity contribution in [1.29, 1.82) is 0 Å². The normalized spacial score (nSPS) is 38.0. The maximum Gasteiger partial charge on any atom is 0.339 e. The van der Waals surface area contributed by atoms with Crippen LogP contribution in [0.1, 0.15) is 100 Å². The summed E-state index contributed by atoms with van der Waals surface area (Å²) in [5.74, 6) is -8.99. The molecule has 0 amide bonds. The van der Waals surface area contributed by atoms with Gasteiger partial charge in [-0.25, -0.2) is 9.59 Å². The van der Waals surface area contributed by atoms with E-state index in [0.717, 1.165) is 61.3 Å². The standard InChI is InChI=1S/C47H62O22/c1-20(48)61-34-36(63-22(3)50)40(65-24(5)52)44(68-38(34)42(56)58-9)60-19-31(55)30-14-13-29-28-12-11-26-17-27(54)15-16-46(26,7)33(28)32(18-47(29,30)8)67-45-41(66-25(6)53)37(64-23(4)51)35(62-21(2)49)39(69-45)43(57)59-10/h17,28-30,32-41,44-45H,11-16,18-19H2,1-10H3. The Bertz CT molecular complexity index is 2100. The van der Waals surface area contributed by atoms with Gasteiger partial charge in [-0.05, 0) is 73.2 Å². The summed E-state index contributed by atoms with van der Waals surface area (Å²) in [6.07, 6.45) is -12.7. The molecular formula is C47H62O22. The molecule has 0 aromatic carbocycles. The van der Waals surface area contributed by atoms with Crippen LogP contribution in [0.2, 0.25) is 0 Å². The van der Waals surface area contributed by atoms with Crippen molar-refractivity contribution >= 4 is 59.3 Å². The number of hydrogen-bond acceptors (Lipinski definition) is 22. The van der Waals surface area contributed by atoms with Crippen LogP contribution in [0.25, 0.3) is 0 Å². The Morgan fingerprint density at radius 2 is 1.07 bits per heavy atom. The molecule has 0 bridgehead atoms. The molecule has 2 saturated heterocycles. The number of carbonyl (C=O) groups is 10. The number of ketones is 2. The van der Waals surface area contributed by atoms with Gasteiger partial charge in [-0.15, -0.1) is 0 Å². The van der Waals surface area contributed by atoms with Crippen molar-refractivity contribution in [2.75, 3.05) is 20.8 Å². The third-order valence-electron chi connectivity index (χ3n) is 14.6. The molecule has 382 valence electrons. The van der Waals surface area contributed by atoms with E-state index in [0.29, 0.717) is 32.1 Å². The number of rotatable bonds is 14. The topological polar surface area (TPSA) is 281 Å². The van der Waals surface area contributed by atoms with Gasteiger partial charge in [-0.3, -0.25) is 38.4 Å². The highest BCUT2D eigenvalue weighted by atomic mass is 16.8. The van der Waals surface area contributed by atoms with Crippen molar-refractivity contribution in [3.05, 3.63) is 11.6 Å². The molecule has 0 spiro atoms.